The molecule has 9 amide bonds. The Kier molecular flexibility index (Phi) is 32.3. The van der Waals surface area contributed by atoms with Gasteiger partial charge in [0.1, 0.15) is 78.5 Å². The first kappa shape index (κ1) is 77.0. The number of carbonyl (C=O) groups excluding carboxylic acids is 9. The van der Waals surface area contributed by atoms with Gasteiger partial charge in [-0.05, 0) is 113 Å². The minimum Gasteiger partial charge on any atom is -0.508 e. The number of carboxylic acids is 1. The molecule has 0 aliphatic carbocycles. The monoisotopic (exact) mass is 1300 g/mol. The number of aryl methyl sites for hydroxylation is 2. The molecular weight excluding hydrogens is 1200 g/mol. The molecular formula is C61H99N13O18. The Bertz CT molecular complexity index is 2730. The molecule has 0 unspecified atom stereocenters. The maximum absolute atomic E-state index is 14.6. The van der Waals surface area contributed by atoms with Gasteiger partial charge in [0.15, 0.2) is 6.29 Å². The SMILES string of the molecule is CC[C@H](C)[C@H](NC(C)=O)C(=O)N[C@@H](CC(C)C)C(=O)N[C@@H](CCCCN)C(=O)N[C@@H](CCC(=O)O)C(=O)N1CCC[C@H]1C(=O)N[C@H](C(=O)N[C@@H](Cc1ccc(O)cc1)C(=O)N[C@@H](C)C(=O)NCCCn1cc(CCCO[C@H]2O[C@H](CO)[C@@H](O)[C@H](O)[C@H]2O)nn1)C(C)C. The fourth-order valence-electron chi connectivity index (χ4n) is 10.5. The quantitative estimate of drug-likeness (QED) is 0.0312. The third kappa shape index (κ3) is 24.6. The Labute approximate surface area is 536 Å². The Hall–Kier alpha value is -7.42. The van der Waals surface area contributed by atoms with Crippen molar-refractivity contribution in [3.05, 3.63) is 41.7 Å². The van der Waals surface area contributed by atoms with E-state index in [1.54, 1.807) is 43.8 Å². The summed E-state index contributed by atoms with van der Waals surface area (Å²) in [6, 6.07) is -3.96. The van der Waals surface area contributed by atoms with Gasteiger partial charge >= 0.3 is 5.97 Å². The first-order chi connectivity index (χ1) is 43.6. The number of unbranched alkanes of at least 4 members (excludes halogenated alkanes) is 1. The van der Waals surface area contributed by atoms with Crippen LogP contribution in [0.4, 0.5) is 0 Å². The van der Waals surface area contributed by atoms with E-state index < -0.39 is 164 Å². The third-order valence-corrected chi connectivity index (χ3v) is 16.0. The van der Waals surface area contributed by atoms with Crippen LogP contribution in [0.2, 0.25) is 0 Å². The van der Waals surface area contributed by atoms with Crippen molar-refractivity contribution in [3.63, 3.8) is 0 Å². The summed E-state index contributed by atoms with van der Waals surface area (Å²) in [5.41, 5.74) is 6.92. The molecule has 2 aliphatic rings. The molecule has 0 saturated carbocycles. The maximum atomic E-state index is 14.6. The molecule has 2 aromatic rings. The highest BCUT2D eigenvalue weighted by Gasteiger charge is 2.45. The van der Waals surface area contributed by atoms with Gasteiger partial charge in [0.25, 0.3) is 0 Å². The molecule has 516 valence electrons. The van der Waals surface area contributed by atoms with Crippen LogP contribution in [-0.4, -0.2) is 222 Å². The smallest absolute Gasteiger partial charge is 0.303 e. The fraction of sp³-hybridized carbons (Fsp3) is 0.705. The van der Waals surface area contributed by atoms with E-state index in [2.05, 4.69) is 52.8 Å². The van der Waals surface area contributed by atoms with Crippen molar-refractivity contribution in [1.82, 2.24) is 62.4 Å². The number of aromatic hydroxyl groups is 1. The molecule has 2 aliphatic heterocycles. The zero-order chi connectivity index (χ0) is 68.4. The van der Waals surface area contributed by atoms with Crippen LogP contribution in [0.25, 0.3) is 0 Å². The van der Waals surface area contributed by atoms with Gasteiger partial charge in [0.2, 0.25) is 53.2 Å². The van der Waals surface area contributed by atoms with E-state index in [1.165, 1.54) is 30.9 Å². The van der Waals surface area contributed by atoms with E-state index in [0.717, 1.165) is 0 Å². The summed E-state index contributed by atoms with van der Waals surface area (Å²) in [5.74, 6) is -8.57. The van der Waals surface area contributed by atoms with Gasteiger partial charge in [0.05, 0.1) is 18.9 Å². The zero-order valence-electron chi connectivity index (χ0n) is 54.0. The topological polar surface area (TPSA) is 467 Å². The van der Waals surface area contributed by atoms with Crippen LogP contribution in [0.3, 0.4) is 0 Å². The van der Waals surface area contributed by atoms with Gasteiger partial charge in [-0.2, -0.15) is 0 Å². The van der Waals surface area contributed by atoms with Gasteiger partial charge < -0.3 is 93.3 Å². The number of aliphatic hydroxyl groups is 4. The number of benzene rings is 1. The second-order valence-corrected chi connectivity index (χ2v) is 24.5. The van der Waals surface area contributed by atoms with Crippen molar-refractivity contribution < 1.29 is 88.1 Å². The van der Waals surface area contributed by atoms with Crippen LogP contribution >= 0.6 is 0 Å². The van der Waals surface area contributed by atoms with Gasteiger partial charge in [-0.25, -0.2) is 0 Å². The van der Waals surface area contributed by atoms with Crippen molar-refractivity contribution in [2.24, 2.45) is 23.5 Å². The molecule has 3 heterocycles. The highest BCUT2D eigenvalue weighted by molar-refractivity contribution is 5.98. The Balaban J connectivity index is 1.41. The van der Waals surface area contributed by atoms with Gasteiger partial charge in [-0.15, -0.1) is 5.10 Å². The lowest BCUT2D eigenvalue weighted by molar-refractivity contribution is -0.301. The van der Waals surface area contributed by atoms with Crippen molar-refractivity contribution in [2.75, 3.05) is 32.8 Å². The van der Waals surface area contributed by atoms with E-state index in [9.17, 15) is 78.6 Å². The highest BCUT2D eigenvalue weighted by atomic mass is 16.7. The number of amides is 9. The molecule has 0 radical (unpaired) electrons. The second-order valence-electron chi connectivity index (χ2n) is 24.5. The third-order valence-electron chi connectivity index (χ3n) is 16.0. The van der Waals surface area contributed by atoms with Gasteiger partial charge in [-0.1, -0.05) is 65.3 Å². The predicted molar refractivity (Wildman–Crippen MR) is 331 cm³/mol. The largest absolute Gasteiger partial charge is 0.508 e. The molecule has 0 spiro atoms. The highest BCUT2D eigenvalue weighted by Crippen LogP contribution is 2.24. The lowest BCUT2D eigenvalue weighted by Crippen LogP contribution is -2.61. The number of likely N-dealkylation sites (tertiary alicyclic amines) is 1. The molecule has 0 bridgehead atoms. The molecule has 2 fully saturated rings. The van der Waals surface area contributed by atoms with Crippen LogP contribution in [0.15, 0.2) is 30.5 Å². The average molecular weight is 1300 g/mol. The number of phenolic OH excluding ortho intramolecular Hbond substituents is 1. The number of ether oxygens (including phenoxy) is 2. The standard InChI is InChI=1S/C61H99N13O18/c1-9-35(6)49(65-37(8)76)59(89)68-43(29-33(2)3)56(86)66-41(16-10-11-24-62)54(84)67-42(22-23-47(78)79)60(90)74-27-12-17-45(74)57(87)70-48(34(4)5)58(88)69-44(30-38-18-20-40(77)21-19-38)55(85)64-36(7)53(83)63-25-14-26-73-31-39(71-72-73)15-13-28-91-61-52(82)51(81)50(80)46(32-75)92-61/h18-21,31,33-36,41-46,48-52,61,75,77,80-82H,9-17,22-30,32,62H2,1-8H3,(H,63,83)(H,64,85)(H,65,76)(H,66,86)(H,67,84)(H,68,89)(H,69,88)(H,70,87)(H,78,79)/t35-,36-,41-,42-,43-,44-,45-,46+,48-,49-,50+,51-,52+,61-/m0/s1. The van der Waals surface area contributed by atoms with Gasteiger partial charge in [0, 0.05) is 45.6 Å². The first-order valence-electron chi connectivity index (χ1n) is 31.8. The molecule has 16 N–H and O–H groups in total. The van der Waals surface area contributed by atoms with E-state index in [-0.39, 0.29) is 69.5 Å². The number of nitrogens with one attached hydrogen (secondary N) is 8. The van der Waals surface area contributed by atoms with Crippen molar-refractivity contribution >= 4 is 59.1 Å². The van der Waals surface area contributed by atoms with Crippen LogP contribution in [0, 0.1) is 17.8 Å². The molecule has 4 rings (SSSR count). The Morgan fingerprint density at radius 2 is 1.38 bits per heavy atom. The number of nitrogens with zero attached hydrogens (tertiary/aromatic N) is 4. The summed E-state index contributed by atoms with van der Waals surface area (Å²) in [7, 11) is 0. The number of phenols is 1. The van der Waals surface area contributed by atoms with Crippen molar-refractivity contribution in [3.8, 4) is 5.75 Å². The number of hydrogen-bond donors (Lipinski definition) is 15. The molecule has 92 heavy (non-hydrogen) atoms. The van der Waals surface area contributed by atoms with Crippen LogP contribution in [-0.2, 0) is 76.8 Å². The molecule has 31 heteroatoms. The summed E-state index contributed by atoms with van der Waals surface area (Å²) in [6.07, 6.45) is -3.09. The summed E-state index contributed by atoms with van der Waals surface area (Å²) in [5, 5.41) is 89.2. The zero-order valence-corrected chi connectivity index (χ0v) is 54.0. The Morgan fingerprint density at radius 1 is 0.739 bits per heavy atom. The first-order valence-corrected chi connectivity index (χ1v) is 31.8. The normalized spacial score (nSPS) is 20.7. The molecule has 31 nitrogen and oxygen atoms in total. The summed E-state index contributed by atoms with van der Waals surface area (Å²) in [6.45, 7) is 13.6. The molecule has 14 atom stereocenters. The van der Waals surface area contributed by atoms with E-state index in [4.69, 9.17) is 15.2 Å². The van der Waals surface area contributed by atoms with E-state index in [0.29, 0.717) is 62.7 Å². The van der Waals surface area contributed by atoms with E-state index in [1.807, 2.05) is 20.8 Å². The van der Waals surface area contributed by atoms with Crippen LogP contribution < -0.4 is 48.3 Å². The lowest BCUT2D eigenvalue weighted by Gasteiger charge is -2.39. The van der Waals surface area contributed by atoms with Crippen molar-refractivity contribution in [2.45, 2.75) is 224 Å². The van der Waals surface area contributed by atoms with Crippen molar-refractivity contribution in [1.29, 1.82) is 0 Å². The van der Waals surface area contributed by atoms with Crippen LogP contribution in [0.1, 0.15) is 137 Å². The number of rotatable bonds is 39. The van der Waals surface area contributed by atoms with Gasteiger partial charge in [-0.3, -0.25) is 52.6 Å². The minimum absolute atomic E-state index is 0.0154. The second kappa shape index (κ2) is 38.6. The van der Waals surface area contributed by atoms with Crippen LogP contribution in [0.5, 0.6) is 5.75 Å². The number of aliphatic carboxylic acids is 1. The lowest BCUT2D eigenvalue weighted by atomic mass is 9.96. The average Bonchev–Trinajstić information content (AvgIpc) is 1.44. The molecule has 1 aromatic carbocycles. The number of nitrogens with two attached hydrogens (primary N) is 1. The number of aromatic nitrogens is 3. The molecule has 1 aromatic heterocycles. The minimum atomic E-state index is -1.56. The summed E-state index contributed by atoms with van der Waals surface area (Å²) >= 11 is 0. The Morgan fingerprint density at radius 3 is 2.01 bits per heavy atom. The number of hydrogen-bond acceptors (Lipinski definition) is 20. The predicted octanol–water partition coefficient (Wildman–Crippen LogP) is -2.35. The number of carbonyl (C=O) groups is 10. The molecule has 2 saturated heterocycles. The number of carboxylic acid groups (broad SMARTS) is 1. The number of aliphatic hydroxyl groups excluding tert-OH is 4. The summed E-state index contributed by atoms with van der Waals surface area (Å²) in [4.78, 5) is 138. The summed E-state index contributed by atoms with van der Waals surface area (Å²) < 4.78 is 12.5. The maximum Gasteiger partial charge on any atom is 0.303 e. The fourth-order valence-corrected chi connectivity index (χ4v) is 10.5. The van der Waals surface area contributed by atoms with E-state index >= 15 is 0 Å².